The van der Waals surface area contributed by atoms with Crippen LogP contribution in [0.15, 0.2) is 24.3 Å². The van der Waals surface area contributed by atoms with Gasteiger partial charge in [0.1, 0.15) is 0 Å². The molecular formula is C14H20ClN3O. The van der Waals surface area contributed by atoms with Crippen LogP contribution < -0.4 is 10.6 Å². The minimum atomic E-state index is -0.228. The Bertz CT molecular complexity index is 444. The quantitative estimate of drug-likeness (QED) is 0.914. The molecule has 0 aliphatic carbocycles. The zero-order chi connectivity index (χ0) is 13.8. The number of hydrogen-bond donors (Lipinski definition) is 1. The summed E-state index contributed by atoms with van der Waals surface area (Å²) in [5, 5.41) is 0.776. The predicted molar refractivity (Wildman–Crippen MR) is 78.5 cm³/mol. The molecular weight excluding hydrogens is 262 g/mol. The highest BCUT2D eigenvalue weighted by molar-refractivity contribution is 6.33. The van der Waals surface area contributed by atoms with E-state index in [-0.39, 0.29) is 11.9 Å². The number of hydrogen-bond acceptors (Lipinski definition) is 3. The average Bonchev–Trinajstić information content (AvgIpc) is 2.41. The zero-order valence-electron chi connectivity index (χ0n) is 11.2. The van der Waals surface area contributed by atoms with E-state index in [4.69, 9.17) is 17.3 Å². The lowest BCUT2D eigenvalue weighted by molar-refractivity contribution is -0.123. The van der Waals surface area contributed by atoms with Gasteiger partial charge in [0.15, 0.2) is 0 Å². The highest BCUT2D eigenvalue weighted by Gasteiger charge is 2.26. The lowest BCUT2D eigenvalue weighted by Crippen LogP contribution is -2.54. The maximum Gasteiger partial charge on any atom is 0.234 e. The fraction of sp³-hybridized carbons (Fsp3) is 0.500. The molecule has 0 spiro atoms. The third-order valence-electron chi connectivity index (χ3n) is 3.66. The van der Waals surface area contributed by atoms with Crippen molar-refractivity contribution in [3.8, 4) is 0 Å². The number of piperazine rings is 1. The minimum absolute atomic E-state index is 0.145. The fourth-order valence-corrected chi connectivity index (χ4v) is 2.88. The molecule has 1 amide bonds. The van der Waals surface area contributed by atoms with Gasteiger partial charge in [0.25, 0.3) is 0 Å². The first-order valence-corrected chi connectivity index (χ1v) is 7.04. The van der Waals surface area contributed by atoms with E-state index in [0.717, 1.165) is 43.3 Å². The normalized spacial score (nSPS) is 18.3. The van der Waals surface area contributed by atoms with Gasteiger partial charge in [0, 0.05) is 26.2 Å². The molecule has 5 heteroatoms. The summed E-state index contributed by atoms with van der Waals surface area (Å²) < 4.78 is 0. The number of anilines is 1. The summed E-state index contributed by atoms with van der Waals surface area (Å²) in [6.45, 7) is 5.41. The Kier molecular flexibility index (Phi) is 4.66. The van der Waals surface area contributed by atoms with Crippen molar-refractivity contribution in [1.82, 2.24) is 4.90 Å². The molecule has 1 fully saturated rings. The van der Waals surface area contributed by atoms with E-state index >= 15 is 0 Å². The second-order valence-corrected chi connectivity index (χ2v) is 5.21. The molecule has 0 radical (unpaired) electrons. The number of nitrogens with zero attached hydrogens (tertiary/aromatic N) is 2. The molecule has 1 heterocycles. The lowest BCUT2D eigenvalue weighted by atomic mass is 10.1. The van der Waals surface area contributed by atoms with Gasteiger partial charge in [0.05, 0.1) is 16.8 Å². The van der Waals surface area contributed by atoms with E-state index in [2.05, 4.69) is 9.80 Å². The summed E-state index contributed by atoms with van der Waals surface area (Å²) in [6, 6.07) is 7.72. The minimum Gasteiger partial charge on any atom is -0.368 e. The first kappa shape index (κ1) is 14.2. The summed E-state index contributed by atoms with van der Waals surface area (Å²) >= 11 is 6.20. The molecule has 0 aromatic heterocycles. The van der Waals surface area contributed by atoms with Gasteiger partial charge in [-0.3, -0.25) is 9.69 Å². The summed E-state index contributed by atoms with van der Waals surface area (Å²) in [5.41, 5.74) is 6.50. The van der Waals surface area contributed by atoms with Crippen molar-refractivity contribution in [2.45, 2.75) is 19.4 Å². The van der Waals surface area contributed by atoms with Crippen LogP contribution in [0.1, 0.15) is 13.3 Å². The van der Waals surface area contributed by atoms with Gasteiger partial charge in [-0.1, -0.05) is 30.7 Å². The van der Waals surface area contributed by atoms with Crippen molar-refractivity contribution in [1.29, 1.82) is 0 Å². The third kappa shape index (κ3) is 3.19. The molecule has 1 aliphatic rings. The summed E-state index contributed by atoms with van der Waals surface area (Å²) in [5.74, 6) is -0.228. The number of rotatable bonds is 4. The topological polar surface area (TPSA) is 49.6 Å². The van der Waals surface area contributed by atoms with E-state index in [0.29, 0.717) is 0 Å². The molecule has 19 heavy (non-hydrogen) atoms. The van der Waals surface area contributed by atoms with Crippen LogP contribution in [0.25, 0.3) is 0 Å². The van der Waals surface area contributed by atoms with Crippen LogP contribution >= 0.6 is 11.6 Å². The molecule has 4 nitrogen and oxygen atoms in total. The zero-order valence-corrected chi connectivity index (χ0v) is 11.9. The number of nitrogens with two attached hydrogens (primary N) is 1. The Morgan fingerprint density at radius 2 is 1.95 bits per heavy atom. The van der Waals surface area contributed by atoms with E-state index in [1.165, 1.54) is 0 Å². The van der Waals surface area contributed by atoms with E-state index in [1.54, 1.807) is 0 Å². The molecule has 1 aliphatic heterocycles. The van der Waals surface area contributed by atoms with Gasteiger partial charge in [-0.05, 0) is 18.6 Å². The molecule has 2 N–H and O–H groups in total. The highest BCUT2D eigenvalue weighted by atomic mass is 35.5. The van der Waals surface area contributed by atoms with E-state index in [1.807, 2.05) is 31.2 Å². The SMILES string of the molecule is CCC(C(N)=O)N1CCN(c2ccccc2Cl)CC1. The van der Waals surface area contributed by atoms with Crippen LogP contribution in [-0.4, -0.2) is 43.0 Å². The van der Waals surface area contributed by atoms with Gasteiger partial charge in [-0.2, -0.15) is 0 Å². The van der Waals surface area contributed by atoms with E-state index in [9.17, 15) is 4.79 Å². The first-order chi connectivity index (χ1) is 9.13. The number of para-hydroxylation sites is 1. The maximum atomic E-state index is 11.4. The smallest absolute Gasteiger partial charge is 0.234 e. The van der Waals surface area contributed by atoms with Crippen molar-refractivity contribution in [2.24, 2.45) is 5.73 Å². The van der Waals surface area contributed by atoms with Crippen LogP contribution in [-0.2, 0) is 4.79 Å². The van der Waals surface area contributed by atoms with Gasteiger partial charge < -0.3 is 10.6 Å². The highest BCUT2D eigenvalue weighted by Crippen LogP contribution is 2.26. The Morgan fingerprint density at radius 1 is 1.32 bits per heavy atom. The number of amides is 1. The standard InChI is InChI=1S/C14H20ClN3O/c1-2-12(14(16)19)17-7-9-18(10-8-17)13-6-4-3-5-11(13)15/h3-6,12H,2,7-10H2,1H3,(H2,16,19). The molecule has 1 aromatic carbocycles. The molecule has 1 unspecified atom stereocenters. The van der Waals surface area contributed by atoms with Gasteiger partial charge in [0.2, 0.25) is 5.91 Å². The van der Waals surface area contributed by atoms with Crippen molar-refractivity contribution in [2.75, 3.05) is 31.1 Å². The Hall–Kier alpha value is -1.26. The van der Waals surface area contributed by atoms with Crippen LogP contribution in [0.2, 0.25) is 5.02 Å². The third-order valence-corrected chi connectivity index (χ3v) is 3.98. The molecule has 0 bridgehead atoms. The molecule has 2 rings (SSSR count). The average molecular weight is 282 g/mol. The maximum absolute atomic E-state index is 11.4. The summed E-state index contributed by atoms with van der Waals surface area (Å²) in [6.07, 6.45) is 0.765. The predicted octanol–water partition coefficient (Wildman–Crippen LogP) is 1.73. The summed E-state index contributed by atoms with van der Waals surface area (Å²) in [4.78, 5) is 15.8. The Morgan fingerprint density at radius 3 is 2.47 bits per heavy atom. The van der Waals surface area contributed by atoms with Crippen LogP contribution in [0.3, 0.4) is 0 Å². The van der Waals surface area contributed by atoms with Crippen molar-refractivity contribution in [3.05, 3.63) is 29.3 Å². The molecule has 1 saturated heterocycles. The van der Waals surface area contributed by atoms with E-state index < -0.39 is 0 Å². The number of halogens is 1. The summed E-state index contributed by atoms with van der Waals surface area (Å²) in [7, 11) is 0. The number of carbonyl (C=O) groups is 1. The van der Waals surface area contributed by atoms with Crippen molar-refractivity contribution in [3.63, 3.8) is 0 Å². The Balaban J connectivity index is 2.00. The number of carbonyl (C=O) groups excluding carboxylic acids is 1. The van der Waals surface area contributed by atoms with Gasteiger partial charge in [-0.15, -0.1) is 0 Å². The lowest BCUT2D eigenvalue weighted by Gasteiger charge is -2.39. The van der Waals surface area contributed by atoms with Crippen molar-refractivity contribution >= 4 is 23.2 Å². The number of primary amides is 1. The Labute approximate surface area is 119 Å². The van der Waals surface area contributed by atoms with Gasteiger partial charge in [-0.25, -0.2) is 0 Å². The second-order valence-electron chi connectivity index (χ2n) is 4.80. The molecule has 1 aromatic rings. The van der Waals surface area contributed by atoms with Crippen molar-refractivity contribution < 1.29 is 4.79 Å². The second kappa shape index (κ2) is 6.26. The molecule has 104 valence electrons. The monoisotopic (exact) mass is 281 g/mol. The molecule has 0 saturated carbocycles. The van der Waals surface area contributed by atoms with Crippen LogP contribution in [0.5, 0.6) is 0 Å². The van der Waals surface area contributed by atoms with Gasteiger partial charge >= 0.3 is 0 Å². The fourth-order valence-electron chi connectivity index (χ4n) is 2.62. The largest absolute Gasteiger partial charge is 0.368 e. The number of benzene rings is 1. The molecule has 1 atom stereocenters. The first-order valence-electron chi connectivity index (χ1n) is 6.66. The van der Waals surface area contributed by atoms with Crippen LogP contribution in [0.4, 0.5) is 5.69 Å². The van der Waals surface area contributed by atoms with Crippen LogP contribution in [0, 0.1) is 0 Å².